The molecule has 1 fully saturated rings. The Kier molecular flexibility index (Phi) is 4.92. The van der Waals surface area contributed by atoms with Crippen molar-refractivity contribution in [1.82, 2.24) is 0 Å². The van der Waals surface area contributed by atoms with Crippen LogP contribution in [0.2, 0.25) is 0 Å². The molecule has 124 valence electrons. The average molecular weight is 325 g/mol. The number of rotatable bonds is 4. The maximum atomic E-state index is 13.2. The first-order valence-electron chi connectivity index (χ1n) is 7.19. The van der Waals surface area contributed by atoms with Crippen molar-refractivity contribution in [1.29, 1.82) is 0 Å². The highest BCUT2D eigenvalue weighted by molar-refractivity contribution is 6.17. The van der Waals surface area contributed by atoms with Crippen LogP contribution >= 0.6 is 0 Å². The van der Waals surface area contributed by atoms with Gasteiger partial charge in [-0.15, -0.1) is 6.58 Å². The van der Waals surface area contributed by atoms with Gasteiger partial charge in [0.15, 0.2) is 0 Å². The molecule has 0 amide bonds. The highest BCUT2D eigenvalue weighted by atomic mass is 19.4. The standard InChI is InChI=1S/C17H18F3NO2/c1-4-6-10-9-13(21-2)14(15(10)22)11-7-5-8-12(16(11)23-3)17(18,19)20/h4-5,7-8,10,14H,1,6,9H2,2-3H3. The van der Waals surface area contributed by atoms with Crippen molar-refractivity contribution in [3.63, 3.8) is 0 Å². The van der Waals surface area contributed by atoms with Crippen molar-refractivity contribution in [3.05, 3.63) is 42.0 Å². The number of hydrogen-bond donors (Lipinski definition) is 0. The molecule has 0 saturated heterocycles. The number of carbonyl (C=O) groups excluding carboxylic acids is 1. The molecule has 6 heteroatoms. The average Bonchev–Trinajstić information content (AvgIpc) is 2.82. The lowest BCUT2D eigenvalue weighted by atomic mass is 9.91. The number of carbonyl (C=O) groups is 1. The summed E-state index contributed by atoms with van der Waals surface area (Å²) in [6, 6.07) is 3.74. The molecule has 2 atom stereocenters. The van der Waals surface area contributed by atoms with Crippen molar-refractivity contribution in [2.24, 2.45) is 10.9 Å². The Morgan fingerprint density at radius 1 is 1.43 bits per heavy atom. The predicted molar refractivity (Wildman–Crippen MR) is 82.0 cm³/mol. The number of methoxy groups -OCH3 is 1. The van der Waals surface area contributed by atoms with Crippen LogP contribution in [0.1, 0.15) is 29.9 Å². The quantitative estimate of drug-likeness (QED) is 0.784. The number of aliphatic imine (C=N–C) groups is 1. The molecule has 0 aliphatic heterocycles. The number of alkyl halides is 3. The Morgan fingerprint density at radius 3 is 2.65 bits per heavy atom. The van der Waals surface area contributed by atoms with Crippen LogP contribution in [-0.2, 0) is 11.0 Å². The van der Waals surface area contributed by atoms with Crippen LogP contribution < -0.4 is 4.74 Å². The fraction of sp³-hybridized carbons (Fsp3) is 0.412. The lowest BCUT2D eigenvalue weighted by molar-refractivity contribution is -0.139. The van der Waals surface area contributed by atoms with Crippen LogP contribution in [0.5, 0.6) is 5.75 Å². The van der Waals surface area contributed by atoms with E-state index in [1.165, 1.54) is 19.2 Å². The van der Waals surface area contributed by atoms with Crippen LogP contribution in [-0.4, -0.2) is 25.7 Å². The summed E-state index contributed by atoms with van der Waals surface area (Å²) in [6.07, 6.45) is -1.99. The minimum Gasteiger partial charge on any atom is -0.496 e. The summed E-state index contributed by atoms with van der Waals surface area (Å²) in [5.74, 6) is -1.53. The number of Topliss-reactive ketones (excluding diaryl/α,β-unsaturated/α-hetero) is 1. The van der Waals surface area contributed by atoms with Gasteiger partial charge in [-0.1, -0.05) is 18.2 Å². The molecule has 1 aliphatic carbocycles. The second kappa shape index (κ2) is 6.56. The van der Waals surface area contributed by atoms with Gasteiger partial charge in [-0.3, -0.25) is 9.79 Å². The van der Waals surface area contributed by atoms with Gasteiger partial charge in [0.2, 0.25) is 0 Å². The van der Waals surface area contributed by atoms with E-state index in [0.717, 1.165) is 6.07 Å². The predicted octanol–water partition coefficient (Wildman–Crippen LogP) is 4.03. The van der Waals surface area contributed by atoms with E-state index in [9.17, 15) is 18.0 Å². The van der Waals surface area contributed by atoms with Crippen molar-refractivity contribution in [2.45, 2.75) is 24.9 Å². The number of ether oxygens (including phenoxy) is 1. The third-order valence-electron chi connectivity index (χ3n) is 4.08. The van der Waals surface area contributed by atoms with Gasteiger partial charge < -0.3 is 4.74 Å². The molecule has 1 aliphatic rings. The van der Waals surface area contributed by atoms with Gasteiger partial charge >= 0.3 is 6.18 Å². The number of hydrogen-bond acceptors (Lipinski definition) is 3. The van der Waals surface area contributed by atoms with E-state index in [-0.39, 0.29) is 23.0 Å². The van der Waals surface area contributed by atoms with Crippen LogP contribution in [0, 0.1) is 5.92 Å². The molecule has 1 aromatic rings. The Bertz CT molecular complexity index is 650. The van der Waals surface area contributed by atoms with Gasteiger partial charge in [0.1, 0.15) is 11.5 Å². The van der Waals surface area contributed by atoms with Crippen LogP contribution in [0.25, 0.3) is 0 Å². The Hall–Kier alpha value is -2.11. The van der Waals surface area contributed by atoms with E-state index >= 15 is 0 Å². The van der Waals surface area contributed by atoms with E-state index in [0.29, 0.717) is 18.6 Å². The van der Waals surface area contributed by atoms with Gasteiger partial charge in [0.05, 0.1) is 18.6 Å². The lowest BCUT2D eigenvalue weighted by Crippen LogP contribution is -2.18. The summed E-state index contributed by atoms with van der Waals surface area (Å²) in [4.78, 5) is 16.7. The molecule has 0 bridgehead atoms. The van der Waals surface area contributed by atoms with Crippen LogP contribution in [0.4, 0.5) is 13.2 Å². The molecule has 23 heavy (non-hydrogen) atoms. The second-order valence-corrected chi connectivity index (χ2v) is 5.40. The lowest BCUT2D eigenvalue weighted by Gasteiger charge is -2.19. The Balaban J connectivity index is 2.57. The van der Waals surface area contributed by atoms with Crippen molar-refractivity contribution >= 4 is 11.5 Å². The Labute approximate surface area is 132 Å². The largest absolute Gasteiger partial charge is 0.496 e. The normalized spacial score (nSPS) is 23.3. The maximum absolute atomic E-state index is 13.2. The first kappa shape index (κ1) is 17.2. The van der Waals surface area contributed by atoms with Gasteiger partial charge in [-0.2, -0.15) is 13.2 Å². The van der Waals surface area contributed by atoms with Gasteiger partial charge in [0.25, 0.3) is 0 Å². The smallest absolute Gasteiger partial charge is 0.419 e. The molecular formula is C17H18F3NO2. The highest BCUT2D eigenvalue weighted by Crippen LogP contribution is 2.44. The zero-order chi connectivity index (χ0) is 17.2. The zero-order valence-corrected chi connectivity index (χ0v) is 13.0. The van der Waals surface area contributed by atoms with Crippen LogP contribution in [0.3, 0.4) is 0 Å². The fourth-order valence-electron chi connectivity index (χ4n) is 3.06. The first-order valence-corrected chi connectivity index (χ1v) is 7.19. The number of para-hydroxylation sites is 1. The van der Waals surface area contributed by atoms with Gasteiger partial charge in [-0.25, -0.2) is 0 Å². The van der Waals surface area contributed by atoms with Gasteiger partial charge in [0, 0.05) is 24.2 Å². The summed E-state index contributed by atoms with van der Waals surface area (Å²) in [7, 11) is 2.73. The summed E-state index contributed by atoms with van der Waals surface area (Å²) in [5, 5.41) is 0. The Morgan fingerprint density at radius 2 is 2.13 bits per heavy atom. The number of ketones is 1. The molecule has 1 saturated carbocycles. The summed E-state index contributed by atoms with van der Waals surface area (Å²) in [6.45, 7) is 3.62. The molecule has 1 aromatic carbocycles. The number of allylic oxidation sites excluding steroid dienone is 1. The van der Waals surface area contributed by atoms with Crippen molar-refractivity contribution < 1.29 is 22.7 Å². The minimum atomic E-state index is -4.55. The molecule has 0 N–H and O–H groups in total. The third-order valence-corrected chi connectivity index (χ3v) is 4.08. The topological polar surface area (TPSA) is 38.7 Å². The monoisotopic (exact) mass is 325 g/mol. The summed E-state index contributed by atoms with van der Waals surface area (Å²) in [5.41, 5.74) is -0.0770. The fourth-order valence-corrected chi connectivity index (χ4v) is 3.06. The molecule has 0 aromatic heterocycles. The third kappa shape index (κ3) is 3.16. The van der Waals surface area contributed by atoms with E-state index in [2.05, 4.69) is 11.6 Å². The number of halogens is 3. The SMILES string of the molecule is C=CCC1CC(=NC)C(c2cccc(C(F)(F)F)c2OC)C1=O. The molecule has 0 spiro atoms. The number of benzene rings is 1. The first-order chi connectivity index (χ1) is 10.8. The summed E-state index contributed by atoms with van der Waals surface area (Å²) >= 11 is 0. The highest BCUT2D eigenvalue weighted by Gasteiger charge is 2.43. The molecule has 2 rings (SSSR count). The van der Waals surface area contributed by atoms with E-state index in [1.54, 1.807) is 13.1 Å². The molecule has 2 unspecified atom stereocenters. The van der Waals surface area contributed by atoms with E-state index in [1.807, 2.05) is 0 Å². The molecule has 0 radical (unpaired) electrons. The maximum Gasteiger partial charge on any atom is 0.419 e. The van der Waals surface area contributed by atoms with Crippen molar-refractivity contribution in [3.8, 4) is 5.75 Å². The van der Waals surface area contributed by atoms with Gasteiger partial charge in [-0.05, 0) is 18.9 Å². The van der Waals surface area contributed by atoms with Crippen LogP contribution in [0.15, 0.2) is 35.8 Å². The zero-order valence-electron chi connectivity index (χ0n) is 13.0. The molecule has 3 nitrogen and oxygen atoms in total. The van der Waals surface area contributed by atoms with E-state index < -0.39 is 17.7 Å². The second-order valence-electron chi connectivity index (χ2n) is 5.40. The van der Waals surface area contributed by atoms with Crippen molar-refractivity contribution in [2.75, 3.05) is 14.2 Å². The van der Waals surface area contributed by atoms with E-state index in [4.69, 9.17) is 4.74 Å². The molecular weight excluding hydrogens is 307 g/mol. The summed E-state index contributed by atoms with van der Waals surface area (Å²) < 4.78 is 44.5. The minimum absolute atomic E-state index is 0.136. The number of nitrogens with zero attached hydrogens (tertiary/aromatic N) is 1. The molecule has 0 heterocycles.